The van der Waals surface area contributed by atoms with Gasteiger partial charge in [0.15, 0.2) is 5.82 Å². The molecule has 3 aromatic carbocycles. The second-order valence-electron chi connectivity index (χ2n) is 10.2. The molecular weight excluding hydrogens is 518 g/mol. The standard InChI is InChI=1S/C34H30F2N4O/c1-41-33(28-20-39-34-27(28)17-26(19-38-34)25-13-8-16-37-18-25)31-29(35)14-15-30(32(31)36)40(21-23-9-4-2-5-10-23)22-24-11-6-3-7-12-24/h2-19,28,33H,20-22H2,1H3,(H,38,39). The SMILES string of the molecule is COC(c1c(F)ccc(N(Cc2ccccc2)Cc2ccccc2)c1F)C1CNc2ncc(-c3cccnc3)cc21. The number of fused-ring (bicyclic) bond motifs is 1. The van der Waals surface area contributed by atoms with E-state index in [-0.39, 0.29) is 11.5 Å². The molecule has 6 rings (SSSR count). The van der Waals surface area contributed by atoms with Crippen molar-refractivity contribution in [1.82, 2.24) is 9.97 Å². The molecule has 1 N–H and O–H groups in total. The van der Waals surface area contributed by atoms with Crippen LogP contribution in [0.4, 0.5) is 20.3 Å². The molecule has 0 saturated carbocycles. The fourth-order valence-corrected chi connectivity index (χ4v) is 5.57. The van der Waals surface area contributed by atoms with Crippen LogP contribution in [0.15, 0.2) is 110 Å². The number of halogens is 2. The Morgan fingerprint density at radius 1 is 0.878 bits per heavy atom. The Hall–Kier alpha value is -4.62. The predicted octanol–water partition coefficient (Wildman–Crippen LogP) is 7.53. The van der Waals surface area contributed by atoms with E-state index in [0.717, 1.165) is 27.8 Å². The molecule has 2 aromatic heterocycles. The number of ether oxygens (including phenoxy) is 1. The van der Waals surface area contributed by atoms with Crippen LogP contribution in [0.3, 0.4) is 0 Å². The number of benzene rings is 3. The molecule has 206 valence electrons. The number of pyridine rings is 2. The van der Waals surface area contributed by atoms with Gasteiger partial charge >= 0.3 is 0 Å². The smallest absolute Gasteiger partial charge is 0.155 e. The van der Waals surface area contributed by atoms with Crippen LogP contribution in [0, 0.1) is 11.6 Å². The quantitative estimate of drug-likeness (QED) is 0.206. The average molecular weight is 549 g/mol. The summed E-state index contributed by atoms with van der Waals surface area (Å²) in [5, 5.41) is 3.29. The molecular formula is C34H30F2N4O. The third kappa shape index (κ3) is 5.54. The summed E-state index contributed by atoms with van der Waals surface area (Å²) in [4.78, 5) is 10.7. The van der Waals surface area contributed by atoms with Crippen LogP contribution in [0.25, 0.3) is 11.1 Å². The Kier molecular flexibility index (Phi) is 7.69. The Morgan fingerprint density at radius 3 is 2.22 bits per heavy atom. The third-order valence-electron chi connectivity index (χ3n) is 7.58. The Morgan fingerprint density at radius 2 is 1.59 bits per heavy atom. The maximum Gasteiger partial charge on any atom is 0.155 e. The highest BCUT2D eigenvalue weighted by Gasteiger charge is 2.36. The summed E-state index contributed by atoms with van der Waals surface area (Å²) in [6, 6.07) is 28.5. The van der Waals surface area contributed by atoms with Gasteiger partial charge in [0.25, 0.3) is 0 Å². The van der Waals surface area contributed by atoms with Crippen molar-refractivity contribution in [1.29, 1.82) is 0 Å². The number of aromatic nitrogens is 2. The van der Waals surface area contributed by atoms with Crippen LogP contribution in [0.5, 0.6) is 0 Å². The molecule has 5 aromatic rings. The summed E-state index contributed by atoms with van der Waals surface area (Å²) in [7, 11) is 1.50. The summed E-state index contributed by atoms with van der Waals surface area (Å²) < 4.78 is 38.0. The summed E-state index contributed by atoms with van der Waals surface area (Å²) in [5.41, 5.74) is 4.95. The number of methoxy groups -OCH3 is 1. The van der Waals surface area contributed by atoms with Gasteiger partial charge in [-0.05, 0) is 35.4 Å². The summed E-state index contributed by atoms with van der Waals surface area (Å²) in [5.74, 6) is -0.914. The molecule has 3 heterocycles. The van der Waals surface area contributed by atoms with Crippen LogP contribution in [-0.4, -0.2) is 23.6 Å². The molecule has 0 saturated heterocycles. The van der Waals surface area contributed by atoms with Crippen LogP contribution in [0.1, 0.15) is 34.3 Å². The van der Waals surface area contributed by atoms with Gasteiger partial charge < -0.3 is 15.0 Å². The van der Waals surface area contributed by atoms with Gasteiger partial charge in [0, 0.05) is 67.9 Å². The molecule has 0 spiro atoms. The van der Waals surface area contributed by atoms with Crippen molar-refractivity contribution in [2.24, 2.45) is 0 Å². The van der Waals surface area contributed by atoms with E-state index in [1.54, 1.807) is 18.6 Å². The first-order valence-electron chi connectivity index (χ1n) is 13.6. The third-order valence-corrected chi connectivity index (χ3v) is 7.58. The zero-order chi connectivity index (χ0) is 28.2. The molecule has 1 aliphatic rings. The minimum atomic E-state index is -0.870. The van der Waals surface area contributed by atoms with Gasteiger partial charge in [-0.3, -0.25) is 4.98 Å². The van der Waals surface area contributed by atoms with Crippen LogP contribution in [0.2, 0.25) is 0 Å². The van der Waals surface area contributed by atoms with Gasteiger partial charge in [0.1, 0.15) is 11.6 Å². The molecule has 1 aliphatic heterocycles. The monoisotopic (exact) mass is 548 g/mol. The van der Waals surface area contributed by atoms with Gasteiger partial charge in [-0.1, -0.05) is 66.7 Å². The van der Waals surface area contributed by atoms with E-state index in [9.17, 15) is 0 Å². The summed E-state index contributed by atoms with van der Waals surface area (Å²) >= 11 is 0. The molecule has 2 atom stereocenters. The largest absolute Gasteiger partial charge is 0.376 e. The summed E-state index contributed by atoms with van der Waals surface area (Å²) in [6.07, 6.45) is 4.39. The van der Waals surface area contributed by atoms with Crippen molar-refractivity contribution < 1.29 is 13.5 Å². The fourth-order valence-electron chi connectivity index (χ4n) is 5.57. The molecule has 7 heteroatoms. The van der Waals surface area contributed by atoms with Crippen LogP contribution >= 0.6 is 0 Å². The van der Waals surface area contributed by atoms with Crippen molar-refractivity contribution in [3.63, 3.8) is 0 Å². The maximum atomic E-state index is 16.6. The Bertz CT molecular complexity index is 1580. The first-order valence-corrected chi connectivity index (χ1v) is 13.6. The lowest BCUT2D eigenvalue weighted by atomic mass is 9.89. The van der Waals surface area contributed by atoms with E-state index < -0.39 is 17.7 Å². The number of hydrogen-bond acceptors (Lipinski definition) is 5. The normalized spacial score (nSPS) is 14.8. The lowest BCUT2D eigenvalue weighted by Crippen LogP contribution is -2.25. The van der Waals surface area contributed by atoms with E-state index in [2.05, 4.69) is 15.3 Å². The highest BCUT2D eigenvalue weighted by atomic mass is 19.1. The van der Waals surface area contributed by atoms with Crippen molar-refractivity contribution in [2.45, 2.75) is 25.1 Å². The first kappa shape index (κ1) is 26.6. The Balaban J connectivity index is 1.39. The van der Waals surface area contributed by atoms with E-state index in [1.807, 2.05) is 83.8 Å². The zero-order valence-corrected chi connectivity index (χ0v) is 22.7. The second kappa shape index (κ2) is 11.9. The highest BCUT2D eigenvalue weighted by molar-refractivity contribution is 5.67. The van der Waals surface area contributed by atoms with Crippen molar-refractivity contribution in [3.8, 4) is 11.1 Å². The summed E-state index contributed by atoms with van der Waals surface area (Å²) in [6.45, 7) is 1.36. The molecule has 0 aliphatic carbocycles. The number of nitrogens with one attached hydrogen (secondary N) is 1. The lowest BCUT2D eigenvalue weighted by Gasteiger charge is -2.29. The topological polar surface area (TPSA) is 50.3 Å². The van der Waals surface area contributed by atoms with Crippen molar-refractivity contribution in [2.75, 3.05) is 23.9 Å². The van der Waals surface area contributed by atoms with Crippen molar-refractivity contribution >= 4 is 11.5 Å². The van der Waals surface area contributed by atoms with Gasteiger partial charge in [-0.15, -0.1) is 0 Å². The maximum absolute atomic E-state index is 16.6. The fraction of sp³-hybridized carbons (Fsp3) is 0.176. The molecule has 0 fully saturated rings. The zero-order valence-electron chi connectivity index (χ0n) is 22.7. The minimum Gasteiger partial charge on any atom is -0.376 e. The van der Waals surface area contributed by atoms with Crippen LogP contribution < -0.4 is 10.2 Å². The predicted molar refractivity (Wildman–Crippen MR) is 158 cm³/mol. The molecule has 0 bridgehead atoms. The van der Waals surface area contributed by atoms with Crippen LogP contribution in [-0.2, 0) is 17.8 Å². The molecule has 0 radical (unpaired) electrons. The molecule has 2 unspecified atom stereocenters. The average Bonchev–Trinajstić information content (AvgIpc) is 3.43. The van der Waals surface area contributed by atoms with Gasteiger partial charge in [-0.2, -0.15) is 0 Å². The van der Waals surface area contributed by atoms with Gasteiger partial charge in [0.05, 0.1) is 17.4 Å². The number of hydrogen-bond donors (Lipinski definition) is 1. The number of nitrogens with zero attached hydrogens (tertiary/aromatic N) is 3. The van der Waals surface area contributed by atoms with E-state index in [0.29, 0.717) is 31.1 Å². The highest BCUT2D eigenvalue weighted by Crippen LogP contribution is 2.44. The Labute approximate surface area is 238 Å². The second-order valence-corrected chi connectivity index (χ2v) is 10.2. The van der Waals surface area contributed by atoms with E-state index in [4.69, 9.17) is 4.74 Å². The van der Waals surface area contributed by atoms with Gasteiger partial charge in [-0.25, -0.2) is 13.8 Å². The first-order chi connectivity index (χ1) is 20.1. The molecule has 5 nitrogen and oxygen atoms in total. The minimum absolute atomic E-state index is 0.0810. The van der Waals surface area contributed by atoms with Gasteiger partial charge in [0.2, 0.25) is 0 Å². The lowest BCUT2D eigenvalue weighted by molar-refractivity contribution is 0.0775. The van der Waals surface area contributed by atoms with E-state index in [1.165, 1.54) is 19.2 Å². The van der Waals surface area contributed by atoms with Crippen molar-refractivity contribution in [3.05, 3.63) is 143 Å². The molecule has 0 amide bonds. The number of rotatable bonds is 9. The molecule has 41 heavy (non-hydrogen) atoms. The number of anilines is 2. The van der Waals surface area contributed by atoms with E-state index >= 15 is 8.78 Å².